The van der Waals surface area contributed by atoms with E-state index in [0.29, 0.717) is 12.8 Å². The molecule has 0 aliphatic rings. The van der Waals surface area contributed by atoms with Crippen molar-refractivity contribution in [3.8, 4) is 0 Å². The smallest absolute Gasteiger partial charge is 0.119 e. The van der Waals surface area contributed by atoms with Gasteiger partial charge in [-0.15, -0.1) is 0 Å². The molecule has 0 aromatic rings. The van der Waals surface area contributed by atoms with Gasteiger partial charge in [-0.3, -0.25) is 0 Å². The van der Waals surface area contributed by atoms with Gasteiger partial charge in [0.1, 0.15) is 6.29 Å². The van der Waals surface area contributed by atoms with Crippen molar-refractivity contribution in [3.05, 3.63) is 0 Å². The first-order valence-corrected chi connectivity index (χ1v) is 6.03. The lowest BCUT2D eigenvalue weighted by Gasteiger charge is -2.07. The lowest BCUT2D eigenvalue weighted by Crippen LogP contribution is -2.08. The average Bonchev–Trinajstić information content (AvgIpc) is 2.22. The lowest BCUT2D eigenvalue weighted by molar-refractivity contribution is -0.107. The molecule has 3 nitrogen and oxygen atoms in total. The van der Waals surface area contributed by atoms with E-state index in [1.807, 2.05) is 0 Å². The van der Waals surface area contributed by atoms with Crippen molar-refractivity contribution in [2.24, 2.45) is 0 Å². The molecular weight excluding hydrogens is 192 g/mol. The fourth-order valence-electron chi connectivity index (χ4n) is 1.61. The SMILES string of the molecule is O=CCCCCCCCCC(O)CCO. The molecule has 0 aliphatic carbocycles. The maximum Gasteiger partial charge on any atom is 0.119 e. The van der Waals surface area contributed by atoms with Gasteiger partial charge in [0.2, 0.25) is 0 Å². The van der Waals surface area contributed by atoms with Crippen LogP contribution in [0, 0.1) is 0 Å². The van der Waals surface area contributed by atoms with Crippen molar-refractivity contribution in [3.63, 3.8) is 0 Å². The zero-order chi connectivity index (χ0) is 11.4. The second-order valence-corrected chi connectivity index (χ2v) is 4.03. The number of aldehydes is 1. The molecular formula is C12H24O3. The van der Waals surface area contributed by atoms with Crippen LogP contribution in [0.3, 0.4) is 0 Å². The molecule has 0 heterocycles. The van der Waals surface area contributed by atoms with Crippen molar-refractivity contribution in [2.75, 3.05) is 6.61 Å². The quantitative estimate of drug-likeness (QED) is 0.410. The van der Waals surface area contributed by atoms with Crippen LogP contribution in [0.5, 0.6) is 0 Å². The van der Waals surface area contributed by atoms with Gasteiger partial charge in [0, 0.05) is 13.0 Å². The van der Waals surface area contributed by atoms with Crippen molar-refractivity contribution < 1.29 is 15.0 Å². The van der Waals surface area contributed by atoms with Crippen LogP contribution in [0.25, 0.3) is 0 Å². The van der Waals surface area contributed by atoms with Crippen molar-refractivity contribution >= 4 is 6.29 Å². The molecule has 0 bridgehead atoms. The Balaban J connectivity index is 3.01. The average molecular weight is 216 g/mol. The number of carbonyl (C=O) groups excluding carboxylic acids is 1. The van der Waals surface area contributed by atoms with E-state index < -0.39 is 0 Å². The van der Waals surface area contributed by atoms with Crippen LogP contribution in [0.2, 0.25) is 0 Å². The molecule has 0 spiro atoms. The Bertz CT molecular complexity index is 137. The minimum Gasteiger partial charge on any atom is -0.396 e. The molecule has 0 radical (unpaired) electrons. The van der Waals surface area contributed by atoms with Gasteiger partial charge in [-0.05, 0) is 19.3 Å². The fraction of sp³-hybridized carbons (Fsp3) is 0.917. The normalized spacial score (nSPS) is 12.7. The second-order valence-electron chi connectivity index (χ2n) is 4.03. The van der Waals surface area contributed by atoms with Crippen molar-refractivity contribution in [2.45, 2.75) is 63.9 Å². The standard InChI is InChI=1S/C12H24O3/c13-10-7-5-3-1-2-4-6-8-12(15)9-11-14/h10,12,14-15H,1-9,11H2. The molecule has 1 atom stereocenters. The van der Waals surface area contributed by atoms with E-state index in [-0.39, 0.29) is 12.7 Å². The lowest BCUT2D eigenvalue weighted by atomic mass is 10.1. The van der Waals surface area contributed by atoms with Gasteiger partial charge in [0.05, 0.1) is 6.10 Å². The van der Waals surface area contributed by atoms with Gasteiger partial charge >= 0.3 is 0 Å². The largest absolute Gasteiger partial charge is 0.396 e. The first-order valence-electron chi connectivity index (χ1n) is 6.03. The van der Waals surface area contributed by atoms with Gasteiger partial charge in [0.15, 0.2) is 0 Å². The van der Waals surface area contributed by atoms with Crippen LogP contribution >= 0.6 is 0 Å². The highest BCUT2D eigenvalue weighted by molar-refractivity contribution is 5.48. The third-order valence-corrected chi connectivity index (χ3v) is 2.57. The summed E-state index contributed by atoms with van der Waals surface area (Å²) in [6, 6.07) is 0. The highest BCUT2D eigenvalue weighted by Gasteiger charge is 2.01. The van der Waals surface area contributed by atoms with Gasteiger partial charge in [-0.2, -0.15) is 0 Å². The minimum absolute atomic E-state index is 0.0763. The zero-order valence-corrected chi connectivity index (χ0v) is 9.53. The van der Waals surface area contributed by atoms with Crippen molar-refractivity contribution in [1.82, 2.24) is 0 Å². The Morgan fingerprint density at radius 1 is 0.933 bits per heavy atom. The van der Waals surface area contributed by atoms with E-state index in [2.05, 4.69) is 0 Å². The minimum atomic E-state index is -0.329. The predicted molar refractivity (Wildman–Crippen MR) is 60.7 cm³/mol. The van der Waals surface area contributed by atoms with Crippen LogP contribution in [-0.2, 0) is 4.79 Å². The summed E-state index contributed by atoms with van der Waals surface area (Å²) in [5, 5.41) is 17.9. The summed E-state index contributed by atoms with van der Waals surface area (Å²) >= 11 is 0. The molecule has 0 amide bonds. The summed E-state index contributed by atoms with van der Waals surface area (Å²) in [4.78, 5) is 10.0. The van der Waals surface area contributed by atoms with Crippen LogP contribution < -0.4 is 0 Å². The van der Waals surface area contributed by atoms with Gasteiger partial charge in [-0.1, -0.05) is 32.1 Å². The number of carbonyl (C=O) groups is 1. The van der Waals surface area contributed by atoms with E-state index in [4.69, 9.17) is 5.11 Å². The van der Waals surface area contributed by atoms with E-state index in [1.54, 1.807) is 0 Å². The topological polar surface area (TPSA) is 57.5 Å². The number of rotatable bonds is 11. The molecule has 15 heavy (non-hydrogen) atoms. The predicted octanol–water partition coefficient (Wildman–Crippen LogP) is 2.05. The van der Waals surface area contributed by atoms with E-state index in [1.165, 1.54) is 12.8 Å². The van der Waals surface area contributed by atoms with Crippen molar-refractivity contribution in [1.29, 1.82) is 0 Å². The van der Waals surface area contributed by atoms with Gasteiger partial charge in [0.25, 0.3) is 0 Å². The van der Waals surface area contributed by atoms with E-state index >= 15 is 0 Å². The second kappa shape index (κ2) is 11.7. The zero-order valence-electron chi connectivity index (χ0n) is 9.53. The third kappa shape index (κ3) is 11.5. The highest BCUT2D eigenvalue weighted by Crippen LogP contribution is 2.10. The summed E-state index contributed by atoms with van der Waals surface area (Å²) in [6.45, 7) is 0.0763. The highest BCUT2D eigenvalue weighted by atomic mass is 16.3. The molecule has 0 fully saturated rings. The Morgan fingerprint density at radius 3 is 2.13 bits per heavy atom. The van der Waals surface area contributed by atoms with Gasteiger partial charge < -0.3 is 15.0 Å². The molecule has 0 rings (SSSR count). The molecule has 2 N–H and O–H groups in total. The summed E-state index contributed by atoms with van der Waals surface area (Å²) in [5.41, 5.74) is 0. The number of aliphatic hydroxyl groups excluding tert-OH is 2. The van der Waals surface area contributed by atoms with Crippen LogP contribution in [0.1, 0.15) is 57.8 Å². The number of aliphatic hydroxyl groups is 2. The number of hydrogen-bond donors (Lipinski definition) is 2. The fourth-order valence-corrected chi connectivity index (χ4v) is 1.61. The molecule has 90 valence electrons. The Hall–Kier alpha value is -0.410. The molecule has 0 aromatic heterocycles. The third-order valence-electron chi connectivity index (χ3n) is 2.57. The van der Waals surface area contributed by atoms with E-state index in [9.17, 15) is 9.90 Å². The molecule has 0 aliphatic heterocycles. The maximum absolute atomic E-state index is 10.0. The summed E-state index contributed by atoms with van der Waals surface area (Å²) < 4.78 is 0. The monoisotopic (exact) mass is 216 g/mol. The number of hydrogen-bond acceptors (Lipinski definition) is 3. The maximum atomic E-state index is 10.0. The molecule has 0 aromatic carbocycles. The van der Waals surface area contributed by atoms with Crippen LogP contribution in [0.4, 0.5) is 0 Å². The van der Waals surface area contributed by atoms with Crippen LogP contribution in [-0.4, -0.2) is 29.2 Å². The Morgan fingerprint density at radius 2 is 1.53 bits per heavy atom. The molecule has 3 heteroatoms. The summed E-state index contributed by atoms with van der Waals surface area (Å²) in [5.74, 6) is 0. The summed E-state index contributed by atoms with van der Waals surface area (Å²) in [7, 11) is 0. The van der Waals surface area contributed by atoms with E-state index in [0.717, 1.165) is 38.4 Å². The van der Waals surface area contributed by atoms with Gasteiger partial charge in [-0.25, -0.2) is 0 Å². The molecule has 1 unspecified atom stereocenters. The van der Waals surface area contributed by atoms with Crippen LogP contribution in [0.15, 0.2) is 0 Å². The number of unbranched alkanes of at least 4 members (excludes halogenated alkanes) is 6. The summed E-state index contributed by atoms with van der Waals surface area (Å²) in [6.07, 6.45) is 9.33. The molecule has 0 saturated carbocycles. The molecule has 0 saturated heterocycles. The first kappa shape index (κ1) is 14.6. The Kier molecular flexibility index (Phi) is 11.3. The Labute approximate surface area is 92.5 Å². The first-order chi connectivity index (χ1) is 7.31.